The Morgan fingerprint density at radius 1 is 1.63 bits per heavy atom. The third-order valence-electron chi connectivity index (χ3n) is 2.24. The van der Waals surface area contributed by atoms with E-state index >= 15 is 0 Å². The van der Waals surface area contributed by atoms with E-state index < -0.39 is 11.7 Å². The van der Waals surface area contributed by atoms with E-state index in [-0.39, 0.29) is 12.6 Å². The van der Waals surface area contributed by atoms with E-state index in [0.717, 1.165) is 5.56 Å². The summed E-state index contributed by atoms with van der Waals surface area (Å²) in [5, 5.41) is 22.4. The Hall–Kier alpha value is -1.58. The molecule has 0 bridgehead atoms. The smallest absolute Gasteiger partial charge is 0.408 e. The lowest BCUT2D eigenvalue weighted by Gasteiger charge is -2.23. The molecule has 0 aliphatic carbocycles. The van der Waals surface area contributed by atoms with Crippen LogP contribution in [0.25, 0.3) is 0 Å². The van der Waals surface area contributed by atoms with E-state index in [1.54, 1.807) is 32.2 Å². The number of amides is 1. The highest BCUT2D eigenvalue weighted by Gasteiger charge is 2.21. The lowest BCUT2D eigenvalue weighted by atomic mass is 10.1. The Balaban J connectivity index is 2.73. The number of aliphatic hydroxyl groups excluding tert-OH is 1. The maximum absolute atomic E-state index is 11.7. The zero-order valence-corrected chi connectivity index (χ0v) is 12.1. The minimum absolute atomic E-state index is 0.0573. The zero-order valence-electron chi connectivity index (χ0n) is 11.3. The fourth-order valence-electron chi connectivity index (χ4n) is 1.49. The van der Waals surface area contributed by atoms with Gasteiger partial charge in [0.1, 0.15) is 16.5 Å². The molecule has 0 aliphatic rings. The minimum atomic E-state index is -0.569. The number of nitrogens with one attached hydrogen (secondary N) is 1. The Morgan fingerprint density at radius 3 is 2.79 bits per heavy atom. The number of alkyl carbamates (subject to hydrolysis) is 1. The summed E-state index contributed by atoms with van der Waals surface area (Å²) < 4.78 is 5.18. The normalized spacial score (nSPS) is 12.6. The van der Waals surface area contributed by atoms with Gasteiger partial charge in [0.25, 0.3) is 0 Å². The summed E-state index contributed by atoms with van der Waals surface area (Å²) in [6.07, 6.45) is -0.156. The van der Waals surface area contributed by atoms with Gasteiger partial charge in [0, 0.05) is 6.61 Å². The van der Waals surface area contributed by atoms with E-state index in [2.05, 4.69) is 5.32 Å². The molecule has 0 radical (unpaired) electrons. The van der Waals surface area contributed by atoms with E-state index in [4.69, 9.17) is 15.1 Å². The second kappa shape index (κ2) is 6.55. The molecular formula is C13H18N2O3S. The largest absolute Gasteiger partial charge is 0.444 e. The van der Waals surface area contributed by atoms with Crippen LogP contribution in [0.15, 0.2) is 11.4 Å². The molecule has 1 aromatic heterocycles. The first-order chi connectivity index (χ1) is 8.85. The van der Waals surface area contributed by atoms with E-state index in [0.29, 0.717) is 11.3 Å². The number of carbonyl (C=O) groups is 1. The molecule has 1 aromatic rings. The molecule has 0 spiro atoms. The molecule has 2 N–H and O–H groups in total. The first-order valence-electron chi connectivity index (χ1n) is 5.94. The highest BCUT2D eigenvalue weighted by Crippen LogP contribution is 2.23. The van der Waals surface area contributed by atoms with Gasteiger partial charge in [0.15, 0.2) is 0 Å². The van der Waals surface area contributed by atoms with Crippen molar-refractivity contribution in [1.29, 1.82) is 5.26 Å². The number of thiophene rings is 1. The van der Waals surface area contributed by atoms with Gasteiger partial charge >= 0.3 is 6.09 Å². The third kappa shape index (κ3) is 5.28. The number of hydrogen-bond donors (Lipinski definition) is 2. The van der Waals surface area contributed by atoms with E-state index in [1.165, 1.54) is 11.3 Å². The lowest BCUT2D eigenvalue weighted by Crippen LogP contribution is -2.35. The van der Waals surface area contributed by atoms with Gasteiger partial charge in [0.05, 0.1) is 6.04 Å². The van der Waals surface area contributed by atoms with Gasteiger partial charge in [0.2, 0.25) is 0 Å². The molecule has 0 fully saturated rings. The van der Waals surface area contributed by atoms with Crippen LogP contribution in [-0.2, 0) is 4.74 Å². The average molecular weight is 282 g/mol. The van der Waals surface area contributed by atoms with Gasteiger partial charge in [-0.25, -0.2) is 4.79 Å². The Labute approximate surface area is 116 Å². The van der Waals surface area contributed by atoms with Crippen LogP contribution in [-0.4, -0.2) is 23.4 Å². The summed E-state index contributed by atoms with van der Waals surface area (Å²) in [6.45, 7) is 5.29. The predicted octanol–water partition coefficient (Wildman–Crippen LogP) is 2.57. The van der Waals surface area contributed by atoms with Gasteiger partial charge in [-0.1, -0.05) is 0 Å². The third-order valence-corrected chi connectivity index (χ3v) is 3.09. The number of aliphatic hydroxyl groups is 1. The quantitative estimate of drug-likeness (QED) is 0.889. The predicted molar refractivity (Wildman–Crippen MR) is 72.8 cm³/mol. The van der Waals surface area contributed by atoms with Crippen molar-refractivity contribution in [2.24, 2.45) is 0 Å². The molecule has 0 saturated heterocycles. The fraction of sp³-hybridized carbons (Fsp3) is 0.538. The molecule has 104 valence electrons. The summed E-state index contributed by atoms with van der Waals surface area (Å²) in [6, 6.07) is 3.41. The summed E-state index contributed by atoms with van der Waals surface area (Å²) in [4.78, 5) is 12.3. The number of nitrogens with zero attached hydrogens (tertiary/aromatic N) is 1. The van der Waals surface area contributed by atoms with Crippen LogP contribution >= 0.6 is 11.3 Å². The number of carbonyl (C=O) groups excluding carboxylic acids is 1. The van der Waals surface area contributed by atoms with Gasteiger partial charge in [-0.15, -0.1) is 11.3 Å². The minimum Gasteiger partial charge on any atom is -0.444 e. The molecule has 1 rings (SSSR count). The molecule has 1 heterocycles. The molecule has 0 aliphatic heterocycles. The first-order valence-corrected chi connectivity index (χ1v) is 6.82. The Kier molecular flexibility index (Phi) is 5.33. The average Bonchev–Trinajstić information content (AvgIpc) is 2.74. The van der Waals surface area contributed by atoms with Crippen molar-refractivity contribution in [1.82, 2.24) is 5.32 Å². The topological polar surface area (TPSA) is 82.3 Å². The number of ether oxygens (including phenoxy) is 1. The lowest BCUT2D eigenvalue weighted by molar-refractivity contribution is 0.0496. The highest BCUT2D eigenvalue weighted by molar-refractivity contribution is 7.10. The van der Waals surface area contributed by atoms with Gasteiger partial charge < -0.3 is 15.2 Å². The van der Waals surface area contributed by atoms with Crippen LogP contribution < -0.4 is 5.32 Å². The number of nitriles is 1. The van der Waals surface area contributed by atoms with Crippen LogP contribution in [0.2, 0.25) is 0 Å². The summed E-state index contributed by atoms with van der Waals surface area (Å²) in [7, 11) is 0. The van der Waals surface area contributed by atoms with Crippen LogP contribution in [0.1, 0.15) is 43.7 Å². The van der Waals surface area contributed by atoms with Crippen molar-refractivity contribution in [2.45, 2.75) is 38.8 Å². The number of rotatable bonds is 4. The summed E-state index contributed by atoms with van der Waals surface area (Å²) in [5.74, 6) is 0. The van der Waals surface area contributed by atoms with Crippen LogP contribution in [0.4, 0.5) is 4.79 Å². The molecule has 19 heavy (non-hydrogen) atoms. The first kappa shape index (κ1) is 15.5. The molecule has 0 saturated carbocycles. The fourth-order valence-corrected chi connectivity index (χ4v) is 2.25. The Bertz CT molecular complexity index is 471. The van der Waals surface area contributed by atoms with Crippen molar-refractivity contribution in [3.8, 4) is 6.07 Å². The van der Waals surface area contributed by atoms with Gasteiger partial charge in [-0.05, 0) is 44.2 Å². The van der Waals surface area contributed by atoms with Crippen molar-refractivity contribution >= 4 is 17.4 Å². The van der Waals surface area contributed by atoms with E-state index in [9.17, 15) is 4.79 Å². The second-order valence-corrected chi connectivity index (χ2v) is 5.98. The summed E-state index contributed by atoms with van der Waals surface area (Å²) in [5.41, 5.74) is 0.238. The molecule has 0 unspecified atom stereocenters. The Morgan fingerprint density at radius 2 is 2.32 bits per heavy atom. The molecule has 0 aromatic carbocycles. The molecule has 1 amide bonds. The van der Waals surface area contributed by atoms with E-state index in [1.807, 2.05) is 6.07 Å². The van der Waals surface area contributed by atoms with Gasteiger partial charge in [-0.2, -0.15) is 5.26 Å². The number of hydrogen-bond acceptors (Lipinski definition) is 5. The molecule has 5 nitrogen and oxygen atoms in total. The molecule has 6 heteroatoms. The zero-order chi connectivity index (χ0) is 14.5. The molecule has 1 atom stereocenters. The molecular weight excluding hydrogens is 264 g/mol. The van der Waals surface area contributed by atoms with Crippen molar-refractivity contribution in [3.63, 3.8) is 0 Å². The summed E-state index contributed by atoms with van der Waals surface area (Å²) >= 11 is 1.31. The maximum atomic E-state index is 11.7. The SMILES string of the molecule is CC(C)(C)OC(=O)N[C@@H](CCO)c1csc(C#N)c1. The second-order valence-electron chi connectivity index (χ2n) is 5.07. The monoisotopic (exact) mass is 282 g/mol. The van der Waals surface area contributed by atoms with Crippen LogP contribution in [0.3, 0.4) is 0 Å². The standard InChI is InChI=1S/C13H18N2O3S/c1-13(2,3)18-12(17)15-11(4-5-16)9-6-10(7-14)19-8-9/h6,8,11,16H,4-5H2,1-3H3,(H,15,17)/t11-/m0/s1. The van der Waals surface area contributed by atoms with Crippen LogP contribution in [0.5, 0.6) is 0 Å². The van der Waals surface area contributed by atoms with Crippen molar-refractivity contribution < 1.29 is 14.6 Å². The van der Waals surface area contributed by atoms with Crippen molar-refractivity contribution in [3.05, 3.63) is 21.9 Å². The maximum Gasteiger partial charge on any atom is 0.408 e. The highest BCUT2D eigenvalue weighted by atomic mass is 32.1. The van der Waals surface area contributed by atoms with Crippen molar-refractivity contribution in [2.75, 3.05) is 6.61 Å². The van der Waals surface area contributed by atoms with Gasteiger partial charge in [-0.3, -0.25) is 0 Å². The van der Waals surface area contributed by atoms with Crippen LogP contribution in [0, 0.1) is 11.3 Å².